The van der Waals surface area contributed by atoms with E-state index in [2.05, 4.69) is 17.4 Å². The van der Waals surface area contributed by atoms with Crippen LogP contribution in [-0.2, 0) is 11.2 Å². The number of carbonyl (C=O) groups excluding carboxylic acids is 1. The molecule has 2 saturated carbocycles. The fourth-order valence-electron chi connectivity index (χ4n) is 4.12. The summed E-state index contributed by atoms with van der Waals surface area (Å²) in [5.74, 6) is 1.58. The molecule has 2 fully saturated rings. The molecule has 2 aliphatic carbocycles. The van der Waals surface area contributed by atoms with Crippen molar-refractivity contribution in [3.8, 4) is 0 Å². The largest absolute Gasteiger partial charge is 0.356 e. The fraction of sp³-hybridized carbons (Fsp3) is 0.611. The molecular weight excluding hydrogens is 296 g/mol. The predicted octanol–water partition coefficient (Wildman–Crippen LogP) is 2.92. The second kappa shape index (κ2) is 7.98. The monoisotopic (exact) mass is 322 g/mol. The van der Waals surface area contributed by atoms with Gasteiger partial charge in [0.2, 0.25) is 5.91 Å². The van der Waals surface area contributed by atoms with E-state index in [1.54, 1.807) is 0 Å². The van der Waals surface area contributed by atoms with Crippen LogP contribution >= 0.6 is 12.4 Å². The summed E-state index contributed by atoms with van der Waals surface area (Å²) in [5, 5.41) is 3.13. The molecule has 4 heteroatoms. The highest BCUT2D eigenvalue weighted by Gasteiger charge is 2.40. The number of hydrogen-bond donors (Lipinski definition) is 2. The summed E-state index contributed by atoms with van der Waals surface area (Å²) in [6, 6.07) is 10.7. The first-order chi connectivity index (χ1) is 10.2. The van der Waals surface area contributed by atoms with Gasteiger partial charge in [-0.05, 0) is 49.5 Å². The van der Waals surface area contributed by atoms with Gasteiger partial charge in [0.15, 0.2) is 0 Å². The zero-order valence-electron chi connectivity index (χ0n) is 13.0. The molecule has 0 heterocycles. The number of halogens is 1. The molecule has 122 valence electrons. The molecule has 3 N–H and O–H groups in total. The smallest absolute Gasteiger partial charge is 0.223 e. The van der Waals surface area contributed by atoms with Crippen molar-refractivity contribution >= 4 is 18.3 Å². The molecule has 0 aromatic heterocycles. The zero-order valence-corrected chi connectivity index (χ0v) is 13.9. The van der Waals surface area contributed by atoms with Gasteiger partial charge >= 0.3 is 0 Å². The highest BCUT2D eigenvalue weighted by molar-refractivity contribution is 5.85. The first-order valence-electron chi connectivity index (χ1n) is 8.31. The van der Waals surface area contributed by atoms with Gasteiger partial charge in [-0.2, -0.15) is 0 Å². The van der Waals surface area contributed by atoms with Crippen molar-refractivity contribution in [3.05, 3.63) is 35.9 Å². The summed E-state index contributed by atoms with van der Waals surface area (Å²) in [4.78, 5) is 12.4. The number of rotatable bonds is 4. The van der Waals surface area contributed by atoms with Gasteiger partial charge in [0.25, 0.3) is 0 Å². The van der Waals surface area contributed by atoms with Crippen LogP contribution in [0, 0.1) is 17.8 Å². The third kappa shape index (κ3) is 4.02. The van der Waals surface area contributed by atoms with Crippen LogP contribution in [0.4, 0.5) is 0 Å². The molecule has 0 radical (unpaired) electrons. The fourth-order valence-corrected chi connectivity index (χ4v) is 4.12. The van der Waals surface area contributed by atoms with Crippen LogP contribution in [0.25, 0.3) is 0 Å². The van der Waals surface area contributed by atoms with Crippen LogP contribution in [0.3, 0.4) is 0 Å². The lowest BCUT2D eigenvalue weighted by molar-refractivity contribution is -0.127. The Morgan fingerprint density at radius 1 is 1.14 bits per heavy atom. The van der Waals surface area contributed by atoms with E-state index < -0.39 is 0 Å². The number of carbonyl (C=O) groups is 1. The van der Waals surface area contributed by atoms with Gasteiger partial charge in [-0.3, -0.25) is 4.79 Å². The van der Waals surface area contributed by atoms with Crippen molar-refractivity contribution in [3.63, 3.8) is 0 Å². The maximum absolute atomic E-state index is 12.4. The highest BCUT2D eigenvalue weighted by Crippen LogP contribution is 2.41. The van der Waals surface area contributed by atoms with E-state index >= 15 is 0 Å². The lowest BCUT2D eigenvalue weighted by atomic mass is 9.65. The van der Waals surface area contributed by atoms with Gasteiger partial charge in [-0.1, -0.05) is 36.8 Å². The first kappa shape index (κ1) is 17.3. The lowest BCUT2D eigenvalue weighted by Gasteiger charge is -2.43. The van der Waals surface area contributed by atoms with Crippen LogP contribution in [0.1, 0.15) is 37.7 Å². The Hall–Kier alpha value is -1.06. The zero-order chi connectivity index (χ0) is 14.7. The molecule has 2 atom stereocenters. The predicted molar refractivity (Wildman–Crippen MR) is 91.9 cm³/mol. The standard InChI is InChI=1S/C18H26N2O.ClH/c19-17-14-7-4-8-15(17)12-16(11-14)18(21)20-10-9-13-5-2-1-3-6-13;/h1-3,5-6,14-17H,4,7-12,19H2,(H,20,21);1H. The summed E-state index contributed by atoms with van der Waals surface area (Å²) >= 11 is 0. The van der Waals surface area contributed by atoms with Crippen LogP contribution in [0.2, 0.25) is 0 Å². The minimum atomic E-state index is 0. The number of fused-ring (bicyclic) bond motifs is 2. The molecular formula is C18H27ClN2O. The first-order valence-corrected chi connectivity index (χ1v) is 8.31. The number of benzene rings is 1. The van der Waals surface area contributed by atoms with E-state index in [1.165, 1.54) is 24.8 Å². The van der Waals surface area contributed by atoms with Crippen molar-refractivity contribution in [2.45, 2.75) is 44.6 Å². The molecule has 22 heavy (non-hydrogen) atoms. The summed E-state index contributed by atoms with van der Waals surface area (Å²) in [7, 11) is 0. The van der Waals surface area contributed by atoms with Gasteiger partial charge in [0, 0.05) is 18.5 Å². The summed E-state index contributed by atoms with van der Waals surface area (Å²) in [5.41, 5.74) is 7.57. The summed E-state index contributed by atoms with van der Waals surface area (Å²) in [6.07, 6.45) is 6.62. The Morgan fingerprint density at radius 3 is 2.41 bits per heavy atom. The molecule has 2 aliphatic rings. The van der Waals surface area contributed by atoms with Crippen molar-refractivity contribution < 1.29 is 4.79 Å². The quantitative estimate of drug-likeness (QED) is 0.895. The van der Waals surface area contributed by atoms with Gasteiger partial charge < -0.3 is 11.1 Å². The second-order valence-corrected chi connectivity index (χ2v) is 6.72. The van der Waals surface area contributed by atoms with Crippen LogP contribution < -0.4 is 11.1 Å². The van der Waals surface area contributed by atoms with Crippen LogP contribution in [-0.4, -0.2) is 18.5 Å². The number of hydrogen-bond acceptors (Lipinski definition) is 2. The minimum Gasteiger partial charge on any atom is -0.356 e. The molecule has 2 unspecified atom stereocenters. The summed E-state index contributed by atoms with van der Waals surface area (Å²) < 4.78 is 0. The Morgan fingerprint density at radius 2 is 1.77 bits per heavy atom. The SMILES string of the molecule is Cl.NC1C2CCCC1CC(C(=O)NCCc1ccccc1)C2. The normalized spacial score (nSPS) is 30.2. The summed E-state index contributed by atoms with van der Waals surface area (Å²) in [6.45, 7) is 0.737. The van der Waals surface area contributed by atoms with Crippen LogP contribution in [0.5, 0.6) is 0 Å². The lowest BCUT2D eigenvalue weighted by Crippen LogP contribution is -2.49. The molecule has 2 bridgehead atoms. The molecule has 0 spiro atoms. The molecule has 3 rings (SSSR count). The van der Waals surface area contributed by atoms with E-state index in [0.29, 0.717) is 17.9 Å². The van der Waals surface area contributed by atoms with Gasteiger partial charge in [-0.15, -0.1) is 12.4 Å². The topological polar surface area (TPSA) is 55.1 Å². The molecule has 0 aliphatic heterocycles. The van der Waals surface area contributed by atoms with Gasteiger partial charge in [-0.25, -0.2) is 0 Å². The van der Waals surface area contributed by atoms with Crippen molar-refractivity contribution in [1.29, 1.82) is 0 Å². The van der Waals surface area contributed by atoms with Crippen molar-refractivity contribution in [2.75, 3.05) is 6.54 Å². The number of amides is 1. The molecule has 3 nitrogen and oxygen atoms in total. The molecule has 1 amide bonds. The Kier molecular flexibility index (Phi) is 6.27. The Bertz CT molecular complexity index is 465. The van der Waals surface area contributed by atoms with E-state index in [0.717, 1.165) is 25.8 Å². The number of nitrogens with two attached hydrogens (primary N) is 1. The molecule has 1 aromatic rings. The minimum absolute atomic E-state index is 0. The van der Waals surface area contributed by atoms with Gasteiger partial charge in [0.05, 0.1) is 0 Å². The molecule has 0 saturated heterocycles. The van der Waals surface area contributed by atoms with E-state index in [-0.39, 0.29) is 24.2 Å². The van der Waals surface area contributed by atoms with E-state index in [4.69, 9.17) is 5.73 Å². The average Bonchev–Trinajstić information content (AvgIpc) is 2.48. The van der Waals surface area contributed by atoms with Crippen molar-refractivity contribution in [1.82, 2.24) is 5.32 Å². The third-order valence-corrected chi connectivity index (χ3v) is 5.34. The third-order valence-electron chi connectivity index (χ3n) is 5.34. The number of nitrogens with one attached hydrogen (secondary N) is 1. The van der Waals surface area contributed by atoms with E-state index in [9.17, 15) is 4.79 Å². The van der Waals surface area contributed by atoms with Crippen LogP contribution in [0.15, 0.2) is 30.3 Å². The Balaban J connectivity index is 0.00000176. The second-order valence-electron chi connectivity index (χ2n) is 6.72. The molecule has 1 aromatic carbocycles. The highest BCUT2D eigenvalue weighted by atomic mass is 35.5. The average molecular weight is 323 g/mol. The maximum Gasteiger partial charge on any atom is 0.223 e. The van der Waals surface area contributed by atoms with E-state index in [1.807, 2.05) is 18.2 Å². The Labute approximate surface area is 139 Å². The van der Waals surface area contributed by atoms with Crippen molar-refractivity contribution in [2.24, 2.45) is 23.5 Å². The maximum atomic E-state index is 12.4. The van der Waals surface area contributed by atoms with Gasteiger partial charge in [0.1, 0.15) is 0 Å².